The fourth-order valence-corrected chi connectivity index (χ4v) is 2.83. The summed E-state index contributed by atoms with van der Waals surface area (Å²) >= 11 is 0. The van der Waals surface area contributed by atoms with Gasteiger partial charge < -0.3 is 9.84 Å². The molecule has 18 heavy (non-hydrogen) atoms. The van der Waals surface area contributed by atoms with Gasteiger partial charge in [0.15, 0.2) is 0 Å². The predicted octanol–water partition coefficient (Wildman–Crippen LogP) is 3.36. The third-order valence-corrected chi connectivity index (χ3v) is 4.27. The minimum atomic E-state index is -0.400. The standard InChI is InChI=1S/C16H24O2/c1-4-16(3,18-5-2)15(17)14-11-13(14)12-9-7-6-8-10-12/h6-10,13-15,17H,4-5,11H2,1-3H3. The van der Waals surface area contributed by atoms with Gasteiger partial charge in [-0.3, -0.25) is 0 Å². The Morgan fingerprint density at radius 2 is 2.00 bits per heavy atom. The van der Waals surface area contributed by atoms with Crippen molar-refractivity contribution in [2.75, 3.05) is 6.61 Å². The van der Waals surface area contributed by atoms with Crippen LogP contribution < -0.4 is 0 Å². The van der Waals surface area contributed by atoms with Crippen molar-refractivity contribution in [3.63, 3.8) is 0 Å². The van der Waals surface area contributed by atoms with Crippen molar-refractivity contribution in [1.82, 2.24) is 0 Å². The second-order valence-electron chi connectivity index (χ2n) is 5.46. The van der Waals surface area contributed by atoms with E-state index in [4.69, 9.17) is 4.74 Å². The van der Waals surface area contributed by atoms with Crippen molar-refractivity contribution < 1.29 is 9.84 Å². The Balaban J connectivity index is 2.02. The highest BCUT2D eigenvalue weighted by molar-refractivity contribution is 5.27. The first-order valence-corrected chi connectivity index (χ1v) is 6.99. The molecule has 1 aliphatic carbocycles. The maximum Gasteiger partial charge on any atom is 0.0912 e. The van der Waals surface area contributed by atoms with Gasteiger partial charge in [-0.1, -0.05) is 37.3 Å². The zero-order valence-corrected chi connectivity index (χ0v) is 11.6. The summed E-state index contributed by atoms with van der Waals surface area (Å²) in [6.07, 6.45) is 1.56. The molecule has 0 aromatic heterocycles. The van der Waals surface area contributed by atoms with Crippen molar-refractivity contribution in [2.45, 2.75) is 51.2 Å². The Bertz CT molecular complexity index is 376. The van der Waals surface area contributed by atoms with Crippen LogP contribution in [0.1, 0.15) is 45.1 Å². The van der Waals surface area contributed by atoms with E-state index in [-0.39, 0.29) is 6.10 Å². The van der Waals surface area contributed by atoms with E-state index in [0.29, 0.717) is 18.4 Å². The molecule has 1 N–H and O–H groups in total. The van der Waals surface area contributed by atoms with Crippen molar-refractivity contribution in [1.29, 1.82) is 0 Å². The Morgan fingerprint density at radius 1 is 1.33 bits per heavy atom. The smallest absolute Gasteiger partial charge is 0.0912 e. The van der Waals surface area contributed by atoms with E-state index >= 15 is 0 Å². The average molecular weight is 248 g/mol. The summed E-state index contributed by atoms with van der Waals surface area (Å²) in [5.74, 6) is 0.858. The number of benzene rings is 1. The number of aliphatic hydroxyl groups is 1. The number of aliphatic hydroxyl groups excluding tert-OH is 1. The maximum atomic E-state index is 10.5. The summed E-state index contributed by atoms with van der Waals surface area (Å²) in [6, 6.07) is 10.5. The zero-order valence-electron chi connectivity index (χ0n) is 11.6. The predicted molar refractivity (Wildman–Crippen MR) is 73.6 cm³/mol. The number of hydrogen-bond donors (Lipinski definition) is 1. The fourth-order valence-electron chi connectivity index (χ4n) is 2.83. The van der Waals surface area contributed by atoms with Gasteiger partial charge in [-0.2, -0.15) is 0 Å². The Kier molecular flexibility index (Phi) is 4.08. The van der Waals surface area contributed by atoms with Crippen LogP contribution in [0, 0.1) is 5.92 Å². The maximum absolute atomic E-state index is 10.5. The molecule has 1 aliphatic rings. The molecular weight excluding hydrogens is 224 g/mol. The van der Waals surface area contributed by atoms with Crippen LogP contribution in [0.3, 0.4) is 0 Å². The zero-order chi connectivity index (χ0) is 13.2. The summed E-state index contributed by atoms with van der Waals surface area (Å²) in [7, 11) is 0. The van der Waals surface area contributed by atoms with Gasteiger partial charge in [0.05, 0.1) is 11.7 Å². The number of ether oxygens (including phenoxy) is 1. The summed E-state index contributed by atoms with van der Waals surface area (Å²) in [6.45, 7) is 6.76. The Hall–Kier alpha value is -0.860. The van der Waals surface area contributed by atoms with Gasteiger partial charge in [0.25, 0.3) is 0 Å². The monoisotopic (exact) mass is 248 g/mol. The van der Waals surface area contributed by atoms with Gasteiger partial charge in [0, 0.05) is 6.61 Å². The molecule has 1 saturated carbocycles. The Labute approximate surface area is 110 Å². The molecule has 0 saturated heterocycles. The van der Waals surface area contributed by atoms with Crippen molar-refractivity contribution in [3.8, 4) is 0 Å². The van der Waals surface area contributed by atoms with Gasteiger partial charge in [-0.05, 0) is 44.1 Å². The van der Waals surface area contributed by atoms with E-state index < -0.39 is 5.60 Å². The highest BCUT2D eigenvalue weighted by Crippen LogP contribution is 2.52. The van der Waals surface area contributed by atoms with Crippen molar-refractivity contribution in [2.24, 2.45) is 5.92 Å². The molecular formula is C16H24O2. The quantitative estimate of drug-likeness (QED) is 0.836. The molecule has 2 nitrogen and oxygen atoms in total. The lowest BCUT2D eigenvalue weighted by Gasteiger charge is -2.33. The van der Waals surface area contributed by atoms with Crippen LogP contribution in [-0.4, -0.2) is 23.4 Å². The molecule has 4 unspecified atom stereocenters. The van der Waals surface area contributed by atoms with Crippen molar-refractivity contribution >= 4 is 0 Å². The van der Waals surface area contributed by atoms with E-state index in [0.717, 1.165) is 12.8 Å². The van der Waals surface area contributed by atoms with Crippen LogP contribution in [0.2, 0.25) is 0 Å². The second-order valence-corrected chi connectivity index (χ2v) is 5.46. The van der Waals surface area contributed by atoms with Crippen LogP contribution in [0.15, 0.2) is 30.3 Å². The van der Waals surface area contributed by atoms with Crippen LogP contribution in [0.4, 0.5) is 0 Å². The minimum Gasteiger partial charge on any atom is -0.390 e. The number of rotatable bonds is 6. The fraction of sp³-hybridized carbons (Fsp3) is 0.625. The molecule has 2 heteroatoms. The molecule has 0 amide bonds. The first kappa shape index (κ1) is 13.6. The number of hydrogen-bond acceptors (Lipinski definition) is 2. The highest BCUT2D eigenvalue weighted by Gasteiger charge is 2.50. The summed E-state index contributed by atoms with van der Waals surface area (Å²) in [5, 5.41) is 10.5. The van der Waals surface area contributed by atoms with Gasteiger partial charge in [-0.25, -0.2) is 0 Å². The lowest BCUT2D eigenvalue weighted by atomic mass is 9.90. The lowest BCUT2D eigenvalue weighted by molar-refractivity contribution is -0.118. The third kappa shape index (κ3) is 2.60. The van der Waals surface area contributed by atoms with Crippen LogP contribution >= 0.6 is 0 Å². The Morgan fingerprint density at radius 3 is 2.56 bits per heavy atom. The molecule has 0 aliphatic heterocycles. The van der Waals surface area contributed by atoms with Crippen LogP contribution in [0.5, 0.6) is 0 Å². The third-order valence-electron chi connectivity index (χ3n) is 4.27. The van der Waals surface area contributed by atoms with Crippen molar-refractivity contribution in [3.05, 3.63) is 35.9 Å². The molecule has 0 spiro atoms. The van der Waals surface area contributed by atoms with Gasteiger partial charge >= 0.3 is 0 Å². The molecule has 2 rings (SSSR count). The first-order valence-electron chi connectivity index (χ1n) is 6.99. The largest absolute Gasteiger partial charge is 0.390 e. The highest BCUT2D eigenvalue weighted by atomic mass is 16.5. The summed E-state index contributed by atoms with van der Waals surface area (Å²) in [4.78, 5) is 0. The van der Waals surface area contributed by atoms with Gasteiger partial charge in [0.1, 0.15) is 0 Å². The topological polar surface area (TPSA) is 29.5 Å². The molecule has 0 heterocycles. The molecule has 4 atom stereocenters. The van der Waals surface area contributed by atoms with Gasteiger partial charge in [0.2, 0.25) is 0 Å². The van der Waals surface area contributed by atoms with E-state index in [1.165, 1.54) is 5.56 Å². The van der Waals surface area contributed by atoms with E-state index in [2.05, 4.69) is 31.2 Å². The summed E-state index contributed by atoms with van der Waals surface area (Å²) < 4.78 is 5.78. The van der Waals surface area contributed by atoms with Gasteiger partial charge in [-0.15, -0.1) is 0 Å². The SMILES string of the molecule is CCOC(C)(CC)C(O)C1CC1c1ccccc1. The average Bonchev–Trinajstić information content (AvgIpc) is 3.19. The molecule has 0 bridgehead atoms. The molecule has 100 valence electrons. The molecule has 1 aromatic rings. The minimum absolute atomic E-state index is 0.351. The van der Waals surface area contributed by atoms with Crippen LogP contribution in [-0.2, 0) is 4.74 Å². The van der Waals surface area contributed by atoms with Crippen LogP contribution in [0.25, 0.3) is 0 Å². The normalized spacial score (nSPS) is 27.6. The lowest BCUT2D eigenvalue weighted by Crippen LogP contribution is -2.43. The second kappa shape index (κ2) is 5.41. The van der Waals surface area contributed by atoms with E-state index in [1.807, 2.05) is 19.9 Å². The molecule has 1 fully saturated rings. The van der Waals surface area contributed by atoms with E-state index in [1.54, 1.807) is 0 Å². The summed E-state index contributed by atoms with van der Waals surface area (Å²) in [5.41, 5.74) is 0.944. The first-order chi connectivity index (χ1) is 8.62. The van der Waals surface area contributed by atoms with E-state index in [9.17, 15) is 5.11 Å². The molecule has 1 aromatic carbocycles. The molecule has 0 radical (unpaired) electrons.